The van der Waals surface area contributed by atoms with E-state index in [1.807, 2.05) is 6.07 Å². The van der Waals surface area contributed by atoms with Crippen molar-refractivity contribution in [3.63, 3.8) is 0 Å². The fourth-order valence-electron chi connectivity index (χ4n) is 2.14. The van der Waals surface area contributed by atoms with Crippen molar-refractivity contribution in [1.29, 1.82) is 0 Å². The van der Waals surface area contributed by atoms with Gasteiger partial charge in [-0.15, -0.1) is 0 Å². The molecule has 0 saturated carbocycles. The topological polar surface area (TPSA) is 45.3 Å². The normalized spacial score (nSPS) is 15.6. The summed E-state index contributed by atoms with van der Waals surface area (Å²) in [7, 11) is 0. The third-order valence-corrected chi connectivity index (χ3v) is 3.13. The molecule has 88 valence electrons. The fraction of sp³-hybridized carbons (Fsp3) is 0.308. The van der Waals surface area contributed by atoms with Crippen molar-refractivity contribution in [1.82, 2.24) is 4.98 Å². The van der Waals surface area contributed by atoms with Crippen LogP contribution in [0.5, 0.6) is 0 Å². The van der Waals surface area contributed by atoms with Crippen LogP contribution < -0.4 is 4.90 Å². The van der Waals surface area contributed by atoms with E-state index in [1.54, 1.807) is 4.90 Å². The van der Waals surface area contributed by atoms with Crippen LogP contribution >= 0.6 is 0 Å². The number of carbonyl (C=O) groups excluding carboxylic acids is 1. The number of hydrogen-bond donors (Lipinski definition) is 1. The monoisotopic (exact) mass is 230 g/mol. The molecule has 17 heavy (non-hydrogen) atoms. The fourth-order valence-corrected chi connectivity index (χ4v) is 2.14. The van der Waals surface area contributed by atoms with E-state index in [2.05, 4.69) is 30.1 Å². The van der Waals surface area contributed by atoms with Crippen LogP contribution in [0.25, 0.3) is 10.9 Å². The predicted octanol–water partition coefficient (Wildman–Crippen LogP) is 2.69. The van der Waals surface area contributed by atoms with Crippen LogP contribution in [-0.4, -0.2) is 24.2 Å². The number of nitrogens with one attached hydrogen (secondary N) is 1. The van der Waals surface area contributed by atoms with Gasteiger partial charge in [-0.05, 0) is 24.1 Å². The van der Waals surface area contributed by atoms with Crippen molar-refractivity contribution < 1.29 is 9.53 Å². The second kappa shape index (κ2) is 3.80. The smallest absolute Gasteiger partial charge is 0.415 e. The number of aryl methyl sites for hydroxylation is 1. The number of fused-ring (bicyclic) bond motifs is 1. The van der Waals surface area contributed by atoms with Gasteiger partial charge < -0.3 is 9.72 Å². The number of aromatic nitrogens is 1. The lowest BCUT2D eigenvalue weighted by molar-refractivity contribution is 0.181. The van der Waals surface area contributed by atoms with Gasteiger partial charge in [0.05, 0.1) is 6.54 Å². The highest BCUT2D eigenvalue weighted by Gasteiger charge is 2.24. The Morgan fingerprint density at radius 1 is 1.41 bits per heavy atom. The minimum atomic E-state index is -0.271. The highest BCUT2D eigenvalue weighted by atomic mass is 16.6. The minimum Gasteiger partial charge on any atom is -0.447 e. The molecular weight excluding hydrogens is 216 g/mol. The van der Waals surface area contributed by atoms with Crippen LogP contribution in [0.3, 0.4) is 0 Å². The van der Waals surface area contributed by atoms with E-state index < -0.39 is 0 Å². The highest BCUT2D eigenvalue weighted by molar-refractivity contribution is 5.93. The zero-order valence-electron chi connectivity index (χ0n) is 9.69. The van der Waals surface area contributed by atoms with Gasteiger partial charge in [0.15, 0.2) is 0 Å². The van der Waals surface area contributed by atoms with E-state index in [4.69, 9.17) is 4.74 Å². The molecule has 3 rings (SSSR count). The second-order valence-corrected chi connectivity index (χ2v) is 4.20. The molecule has 0 bridgehead atoms. The molecule has 0 aliphatic carbocycles. The van der Waals surface area contributed by atoms with Gasteiger partial charge >= 0.3 is 6.09 Å². The SMILES string of the molecule is CCc1ccc2cc(N3CCOC3=O)[nH]c2c1. The molecule has 1 aliphatic heterocycles. The summed E-state index contributed by atoms with van der Waals surface area (Å²) >= 11 is 0. The summed E-state index contributed by atoms with van der Waals surface area (Å²) in [6, 6.07) is 8.30. The number of anilines is 1. The number of ether oxygens (including phenoxy) is 1. The molecule has 1 N–H and O–H groups in total. The number of cyclic esters (lactones) is 1. The lowest BCUT2D eigenvalue weighted by Crippen LogP contribution is -2.23. The molecule has 0 unspecified atom stereocenters. The molecule has 0 spiro atoms. The van der Waals surface area contributed by atoms with Gasteiger partial charge in [0.25, 0.3) is 0 Å². The van der Waals surface area contributed by atoms with E-state index in [1.165, 1.54) is 5.56 Å². The molecule has 4 nitrogen and oxygen atoms in total. The van der Waals surface area contributed by atoms with E-state index in [-0.39, 0.29) is 6.09 Å². The van der Waals surface area contributed by atoms with Crippen LogP contribution in [0, 0.1) is 0 Å². The Labute approximate surface area is 99.2 Å². The molecule has 1 aromatic heterocycles. The number of benzene rings is 1. The predicted molar refractivity (Wildman–Crippen MR) is 66.4 cm³/mol. The summed E-state index contributed by atoms with van der Waals surface area (Å²) in [6.45, 7) is 3.21. The zero-order valence-corrected chi connectivity index (χ0v) is 9.69. The summed E-state index contributed by atoms with van der Waals surface area (Å²) < 4.78 is 4.93. The van der Waals surface area contributed by atoms with Crippen molar-refractivity contribution in [2.45, 2.75) is 13.3 Å². The number of hydrogen-bond acceptors (Lipinski definition) is 2. The molecule has 0 radical (unpaired) electrons. The molecule has 1 fully saturated rings. The van der Waals surface area contributed by atoms with Gasteiger partial charge in [-0.1, -0.05) is 19.1 Å². The summed E-state index contributed by atoms with van der Waals surface area (Å²) in [5, 5.41) is 1.12. The molecular formula is C13H14N2O2. The largest absolute Gasteiger partial charge is 0.447 e. The average Bonchev–Trinajstić information content (AvgIpc) is 2.93. The van der Waals surface area contributed by atoms with Gasteiger partial charge in [-0.25, -0.2) is 4.79 Å². The molecule has 2 heterocycles. The van der Waals surface area contributed by atoms with Crippen molar-refractivity contribution in [3.05, 3.63) is 29.8 Å². The lowest BCUT2D eigenvalue weighted by atomic mass is 10.1. The molecule has 1 aromatic carbocycles. The first-order valence-corrected chi connectivity index (χ1v) is 5.84. The summed E-state index contributed by atoms with van der Waals surface area (Å²) in [5.41, 5.74) is 2.36. The minimum absolute atomic E-state index is 0.271. The maximum Gasteiger partial charge on any atom is 0.415 e. The number of nitrogens with zero attached hydrogens (tertiary/aromatic N) is 1. The van der Waals surface area contributed by atoms with Crippen molar-refractivity contribution in [2.75, 3.05) is 18.1 Å². The highest BCUT2D eigenvalue weighted by Crippen LogP contribution is 2.24. The first-order chi connectivity index (χ1) is 8.28. The molecule has 1 amide bonds. The van der Waals surface area contributed by atoms with E-state index in [0.717, 1.165) is 23.1 Å². The third-order valence-electron chi connectivity index (χ3n) is 3.13. The lowest BCUT2D eigenvalue weighted by Gasteiger charge is -2.08. The van der Waals surface area contributed by atoms with E-state index in [9.17, 15) is 4.79 Å². The number of aromatic amines is 1. The quantitative estimate of drug-likeness (QED) is 0.862. The Kier molecular flexibility index (Phi) is 2.28. The molecule has 0 atom stereocenters. The molecule has 4 heteroatoms. The third kappa shape index (κ3) is 1.65. The molecule has 2 aromatic rings. The van der Waals surface area contributed by atoms with Gasteiger partial charge in [-0.2, -0.15) is 0 Å². The van der Waals surface area contributed by atoms with Crippen LogP contribution in [0.2, 0.25) is 0 Å². The van der Waals surface area contributed by atoms with Gasteiger partial charge in [0.1, 0.15) is 12.4 Å². The number of amides is 1. The number of rotatable bonds is 2. The van der Waals surface area contributed by atoms with Crippen molar-refractivity contribution in [2.24, 2.45) is 0 Å². The van der Waals surface area contributed by atoms with Crippen LogP contribution in [0.1, 0.15) is 12.5 Å². The Hall–Kier alpha value is -1.97. The second-order valence-electron chi connectivity index (χ2n) is 4.20. The number of carbonyl (C=O) groups is 1. The maximum atomic E-state index is 11.5. The van der Waals surface area contributed by atoms with Gasteiger partial charge in [0.2, 0.25) is 0 Å². The average molecular weight is 230 g/mol. The molecule has 1 saturated heterocycles. The summed E-state index contributed by atoms with van der Waals surface area (Å²) in [6.07, 6.45) is 0.739. The van der Waals surface area contributed by atoms with Gasteiger partial charge in [0, 0.05) is 10.9 Å². The Morgan fingerprint density at radius 2 is 2.29 bits per heavy atom. The summed E-state index contributed by atoms with van der Waals surface area (Å²) in [5.74, 6) is 0.816. The number of H-pyrrole nitrogens is 1. The first-order valence-electron chi connectivity index (χ1n) is 5.84. The Bertz CT molecular complexity index is 574. The first kappa shape index (κ1) is 10.2. The zero-order chi connectivity index (χ0) is 11.8. The standard InChI is InChI=1S/C13H14N2O2/c1-2-9-3-4-10-8-12(14-11(10)7-9)15-5-6-17-13(15)16/h3-4,7-8,14H,2,5-6H2,1H3. The van der Waals surface area contributed by atoms with Crippen molar-refractivity contribution >= 4 is 22.8 Å². The maximum absolute atomic E-state index is 11.5. The van der Waals surface area contributed by atoms with Crippen LogP contribution in [0.4, 0.5) is 10.6 Å². The van der Waals surface area contributed by atoms with Gasteiger partial charge in [-0.3, -0.25) is 4.90 Å². The Balaban J connectivity index is 2.04. The van der Waals surface area contributed by atoms with Crippen molar-refractivity contribution in [3.8, 4) is 0 Å². The van der Waals surface area contributed by atoms with Crippen LogP contribution in [-0.2, 0) is 11.2 Å². The van der Waals surface area contributed by atoms with Crippen LogP contribution in [0.15, 0.2) is 24.3 Å². The summed E-state index contributed by atoms with van der Waals surface area (Å²) in [4.78, 5) is 16.4. The van der Waals surface area contributed by atoms with E-state index in [0.29, 0.717) is 13.2 Å². The molecule has 1 aliphatic rings. The van der Waals surface area contributed by atoms with E-state index >= 15 is 0 Å². The Morgan fingerprint density at radius 3 is 3.00 bits per heavy atom.